The highest BCUT2D eigenvalue weighted by Gasteiger charge is 2.70. The fourth-order valence-corrected chi connectivity index (χ4v) is 4.01. The molecule has 2 saturated carbocycles. The van der Waals surface area contributed by atoms with E-state index in [9.17, 15) is 14.4 Å². The van der Waals surface area contributed by atoms with Gasteiger partial charge in [0.25, 0.3) is 0 Å². The largest absolute Gasteiger partial charge is 0.457 e. The molecule has 0 N–H and O–H groups in total. The summed E-state index contributed by atoms with van der Waals surface area (Å²) in [6, 6.07) is 0. The van der Waals surface area contributed by atoms with Gasteiger partial charge >= 0.3 is 11.9 Å². The maximum atomic E-state index is 11.8. The van der Waals surface area contributed by atoms with Crippen LogP contribution < -0.4 is 0 Å². The Kier molecular flexibility index (Phi) is 2.69. The number of Topliss-reactive ketones (excluding diaryl/α,β-unsaturated/α-hetero) is 1. The fourth-order valence-electron chi connectivity index (χ4n) is 4.01. The second-order valence-corrected chi connectivity index (χ2v) is 6.03. The average molecular weight is 266 g/mol. The Morgan fingerprint density at radius 2 is 2.16 bits per heavy atom. The average Bonchev–Trinajstić information content (AvgIpc) is 2.92. The summed E-state index contributed by atoms with van der Waals surface area (Å²) < 4.78 is 10.9. The van der Waals surface area contributed by atoms with Crippen LogP contribution in [0, 0.1) is 17.8 Å². The monoisotopic (exact) mass is 266 g/mol. The van der Waals surface area contributed by atoms with E-state index in [-0.39, 0.29) is 42.0 Å². The minimum Gasteiger partial charge on any atom is -0.457 e. The molecule has 0 aromatic carbocycles. The van der Waals surface area contributed by atoms with E-state index in [1.165, 1.54) is 0 Å². The topological polar surface area (TPSA) is 69.7 Å². The number of carbonyl (C=O) groups excluding carboxylic acids is 3. The lowest BCUT2D eigenvalue weighted by atomic mass is 9.79. The SMILES string of the molecule is CCC(=O)CC(=O)OC1C2CC3C(=O)OC1(C)C3C2. The van der Waals surface area contributed by atoms with E-state index in [1.54, 1.807) is 6.92 Å². The number of carbonyl (C=O) groups is 3. The summed E-state index contributed by atoms with van der Waals surface area (Å²) in [5.74, 6) is -0.415. The quantitative estimate of drug-likeness (QED) is 0.565. The van der Waals surface area contributed by atoms with Crippen LogP contribution in [-0.2, 0) is 23.9 Å². The predicted octanol–water partition coefficient (Wildman–Crippen LogP) is 1.24. The lowest BCUT2D eigenvalue weighted by Crippen LogP contribution is -2.46. The Bertz CT molecular complexity index is 457. The Balaban J connectivity index is 1.71. The number of esters is 2. The molecule has 2 bridgehead atoms. The fraction of sp³-hybridized carbons (Fsp3) is 0.786. The van der Waals surface area contributed by atoms with Crippen LogP contribution in [0.15, 0.2) is 0 Å². The number of rotatable bonds is 4. The molecular formula is C14H18O5. The molecule has 5 heteroatoms. The Labute approximate surface area is 111 Å². The van der Waals surface area contributed by atoms with Crippen LogP contribution in [0.3, 0.4) is 0 Å². The van der Waals surface area contributed by atoms with Crippen molar-refractivity contribution in [2.45, 2.75) is 51.2 Å². The van der Waals surface area contributed by atoms with Crippen molar-refractivity contribution in [3.05, 3.63) is 0 Å². The summed E-state index contributed by atoms with van der Waals surface area (Å²) in [4.78, 5) is 34.8. The third kappa shape index (κ3) is 1.70. The van der Waals surface area contributed by atoms with Crippen LogP contribution in [0.4, 0.5) is 0 Å². The van der Waals surface area contributed by atoms with Crippen molar-refractivity contribution in [3.63, 3.8) is 0 Å². The van der Waals surface area contributed by atoms with Crippen molar-refractivity contribution in [2.24, 2.45) is 17.8 Å². The molecule has 5 nitrogen and oxygen atoms in total. The second kappa shape index (κ2) is 4.05. The van der Waals surface area contributed by atoms with Crippen molar-refractivity contribution < 1.29 is 23.9 Å². The third-order valence-electron chi connectivity index (χ3n) is 4.95. The summed E-state index contributed by atoms with van der Waals surface area (Å²) in [5, 5.41) is 0. The zero-order chi connectivity index (χ0) is 13.8. The van der Waals surface area contributed by atoms with Gasteiger partial charge < -0.3 is 9.47 Å². The lowest BCUT2D eigenvalue weighted by molar-refractivity contribution is -0.174. The van der Waals surface area contributed by atoms with E-state index < -0.39 is 11.6 Å². The van der Waals surface area contributed by atoms with Gasteiger partial charge in [0.1, 0.15) is 23.9 Å². The van der Waals surface area contributed by atoms with Gasteiger partial charge in [-0.15, -0.1) is 0 Å². The van der Waals surface area contributed by atoms with Gasteiger partial charge in [0.05, 0.1) is 5.92 Å². The van der Waals surface area contributed by atoms with Crippen LogP contribution in [0.5, 0.6) is 0 Å². The molecule has 19 heavy (non-hydrogen) atoms. The molecule has 0 aromatic heterocycles. The first-order valence-corrected chi connectivity index (χ1v) is 6.89. The molecule has 2 aliphatic carbocycles. The third-order valence-corrected chi connectivity index (χ3v) is 4.95. The molecule has 1 aliphatic heterocycles. The van der Waals surface area contributed by atoms with E-state index in [2.05, 4.69) is 0 Å². The van der Waals surface area contributed by atoms with E-state index in [0.717, 1.165) is 12.8 Å². The van der Waals surface area contributed by atoms with Gasteiger partial charge in [-0.1, -0.05) is 6.92 Å². The summed E-state index contributed by atoms with van der Waals surface area (Å²) in [7, 11) is 0. The molecular weight excluding hydrogens is 248 g/mol. The van der Waals surface area contributed by atoms with Crippen molar-refractivity contribution >= 4 is 17.7 Å². The van der Waals surface area contributed by atoms with Crippen LogP contribution in [0.1, 0.15) is 39.5 Å². The van der Waals surface area contributed by atoms with Crippen LogP contribution in [0.25, 0.3) is 0 Å². The van der Waals surface area contributed by atoms with Gasteiger partial charge in [0.2, 0.25) is 0 Å². The maximum absolute atomic E-state index is 11.8. The summed E-state index contributed by atoms with van der Waals surface area (Å²) in [6.07, 6.45) is 1.40. The minimum absolute atomic E-state index is 0.0118. The van der Waals surface area contributed by atoms with Gasteiger partial charge in [-0.3, -0.25) is 14.4 Å². The number of hydrogen-bond donors (Lipinski definition) is 0. The van der Waals surface area contributed by atoms with E-state index >= 15 is 0 Å². The molecule has 3 rings (SSSR count). The molecule has 5 atom stereocenters. The number of fused-ring (bicyclic) bond motifs is 1. The van der Waals surface area contributed by atoms with Crippen LogP contribution >= 0.6 is 0 Å². The highest BCUT2D eigenvalue weighted by atomic mass is 16.6. The molecule has 3 aliphatic rings. The molecule has 3 fully saturated rings. The smallest absolute Gasteiger partial charge is 0.313 e. The van der Waals surface area contributed by atoms with Crippen LogP contribution in [-0.4, -0.2) is 29.4 Å². The first-order valence-electron chi connectivity index (χ1n) is 6.89. The molecule has 0 radical (unpaired) electrons. The van der Waals surface area contributed by atoms with Gasteiger partial charge in [-0.2, -0.15) is 0 Å². The zero-order valence-electron chi connectivity index (χ0n) is 11.2. The van der Waals surface area contributed by atoms with Crippen molar-refractivity contribution in [3.8, 4) is 0 Å². The molecule has 0 spiro atoms. The first kappa shape index (κ1) is 12.6. The summed E-state index contributed by atoms with van der Waals surface area (Å²) in [5.41, 5.74) is -0.671. The second-order valence-electron chi connectivity index (χ2n) is 6.03. The van der Waals surface area contributed by atoms with Crippen LogP contribution in [0.2, 0.25) is 0 Å². The van der Waals surface area contributed by atoms with Crippen molar-refractivity contribution in [1.29, 1.82) is 0 Å². The summed E-state index contributed by atoms with van der Waals surface area (Å²) in [6.45, 7) is 3.58. The molecule has 0 amide bonds. The standard InChI is InChI=1S/C14H18O5/c1-3-8(15)6-11(16)18-12-7-4-9-10(5-7)14(12,2)19-13(9)17/h7,9-10,12H,3-6H2,1-2H3. The Morgan fingerprint density at radius 3 is 2.84 bits per heavy atom. The highest BCUT2D eigenvalue weighted by molar-refractivity contribution is 5.95. The number of ketones is 1. The van der Waals surface area contributed by atoms with Crippen molar-refractivity contribution in [1.82, 2.24) is 0 Å². The highest BCUT2D eigenvalue weighted by Crippen LogP contribution is 2.61. The molecule has 5 unspecified atom stereocenters. The summed E-state index contributed by atoms with van der Waals surface area (Å²) >= 11 is 0. The molecule has 1 saturated heterocycles. The first-order chi connectivity index (χ1) is 8.95. The normalized spacial score (nSPS) is 42.3. The molecule has 1 heterocycles. The van der Waals surface area contributed by atoms with E-state index in [4.69, 9.17) is 9.47 Å². The van der Waals surface area contributed by atoms with Gasteiger partial charge in [-0.05, 0) is 19.8 Å². The molecule has 104 valence electrons. The lowest BCUT2D eigenvalue weighted by Gasteiger charge is -2.34. The van der Waals surface area contributed by atoms with Crippen molar-refractivity contribution in [2.75, 3.05) is 0 Å². The van der Waals surface area contributed by atoms with Gasteiger partial charge in [-0.25, -0.2) is 0 Å². The maximum Gasteiger partial charge on any atom is 0.313 e. The Morgan fingerprint density at radius 1 is 1.42 bits per heavy atom. The zero-order valence-corrected chi connectivity index (χ0v) is 11.2. The predicted molar refractivity (Wildman–Crippen MR) is 64.0 cm³/mol. The van der Waals surface area contributed by atoms with E-state index in [0.29, 0.717) is 6.42 Å². The minimum atomic E-state index is -0.671. The molecule has 0 aromatic rings. The number of ether oxygens (including phenoxy) is 2. The van der Waals surface area contributed by atoms with E-state index in [1.807, 2.05) is 6.92 Å². The number of hydrogen-bond acceptors (Lipinski definition) is 5. The van der Waals surface area contributed by atoms with Gasteiger partial charge in [0, 0.05) is 18.3 Å². The van der Waals surface area contributed by atoms with Gasteiger partial charge in [0.15, 0.2) is 0 Å². The Hall–Kier alpha value is -1.39.